The second-order valence-electron chi connectivity index (χ2n) is 5.01. The van der Waals surface area contributed by atoms with Gasteiger partial charge in [-0.05, 0) is 30.2 Å². The first-order valence-electron chi connectivity index (χ1n) is 6.73. The van der Waals surface area contributed by atoms with Gasteiger partial charge in [-0.1, -0.05) is 30.3 Å². The number of alkyl halides is 3. The smallest absolute Gasteiger partial charge is 0.303 e. The van der Waals surface area contributed by atoms with Crippen molar-refractivity contribution in [3.63, 3.8) is 0 Å². The van der Waals surface area contributed by atoms with Crippen LogP contribution in [-0.4, -0.2) is 17.2 Å². The van der Waals surface area contributed by atoms with E-state index in [4.69, 9.17) is 0 Å². The Balaban J connectivity index is 2.21. The van der Waals surface area contributed by atoms with Gasteiger partial charge in [0, 0.05) is 18.4 Å². The normalized spacial score (nSPS) is 14.7. The van der Waals surface area contributed by atoms with E-state index in [1.54, 1.807) is 19.3 Å². The molecule has 1 aromatic carbocycles. The van der Waals surface area contributed by atoms with Gasteiger partial charge in [0.05, 0.1) is 12.5 Å². The van der Waals surface area contributed by atoms with Crippen molar-refractivity contribution in [2.45, 2.75) is 31.6 Å². The molecule has 0 spiro atoms. The highest BCUT2D eigenvalue weighted by Gasteiger charge is 2.31. The molecule has 1 aromatic heterocycles. The van der Waals surface area contributed by atoms with E-state index in [2.05, 4.69) is 10.3 Å². The SMILES string of the molecule is CC(CC(F)(F)F)NC(c1ccccc1)c1ccncc1. The van der Waals surface area contributed by atoms with Crippen LogP contribution in [0.4, 0.5) is 13.2 Å². The summed E-state index contributed by atoms with van der Waals surface area (Å²) in [6, 6.07) is 12.1. The molecule has 0 aliphatic heterocycles. The molecule has 0 aliphatic carbocycles. The van der Waals surface area contributed by atoms with Crippen LogP contribution in [0.3, 0.4) is 0 Å². The fourth-order valence-corrected chi connectivity index (χ4v) is 2.28. The van der Waals surface area contributed by atoms with E-state index in [1.165, 1.54) is 0 Å². The predicted molar refractivity (Wildman–Crippen MR) is 75.8 cm³/mol. The van der Waals surface area contributed by atoms with Crippen LogP contribution in [0.5, 0.6) is 0 Å². The second-order valence-corrected chi connectivity index (χ2v) is 5.01. The number of nitrogens with zero attached hydrogens (tertiary/aromatic N) is 1. The molecule has 21 heavy (non-hydrogen) atoms. The Kier molecular flexibility index (Phi) is 4.96. The highest BCUT2D eigenvalue weighted by Crippen LogP contribution is 2.26. The molecule has 5 heteroatoms. The molecule has 0 fully saturated rings. The van der Waals surface area contributed by atoms with Crippen LogP contribution in [0.15, 0.2) is 54.9 Å². The maximum absolute atomic E-state index is 12.5. The minimum atomic E-state index is -4.17. The minimum Gasteiger partial charge on any atom is -0.303 e. The third-order valence-corrected chi connectivity index (χ3v) is 3.16. The summed E-state index contributed by atoms with van der Waals surface area (Å²) in [7, 11) is 0. The molecule has 1 heterocycles. The average molecular weight is 294 g/mol. The van der Waals surface area contributed by atoms with E-state index < -0.39 is 18.6 Å². The van der Waals surface area contributed by atoms with Crippen molar-refractivity contribution in [2.75, 3.05) is 0 Å². The van der Waals surface area contributed by atoms with Gasteiger partial charge in [-0.2, -0.15) is 13.2 Å². The van der Waals surface area contributed by atoms with E-state index in [0.29, 0.717) is 0 Å². The number of benzene rings is 1. The molecule has 1 N–H and O–H groups in total. The number of nitrogens with one attached hydrogen (secondary N) is 1. The number of hydrogen-bond donors (Lipinski definition) is 1. The van der Waals surface area contributed by atoms with Crippen LogP contribution in [0.25, 0.3) is 0 Å². The van der Waals surface area contributed by atoms with Crippen molar-refractivity contribution in [3.8, 4) is 0 Å². The summed E-state index contributed by atoms with van der Waals surface area (Å²) in [5.41, 5.74) is 1.82. The molecular weight excluding hydrogens is 277 g/mol. The Bertz CT molecular complexity index is 501. The average Bonchev–Trinajstić information content (AvgIpc) is 2.45. The van der Waals surface area contributed by atoms with Gasteiger partial charge >= 0.3 is 6.18 Å². The molecule has 0 bridgehead atoms. The van der Waals surface area contributed by atoms with Crippen LogP contribution in [0.1, 0.15) is 30.5 Å². The first kappa shape index (κ1) is 15.5. The first-order valence-corrected chi connectivity index (χ1v) is 6.73. The lowest BCUT2D eigenvalue weighted by atomic mass is 9.98. The van der Waals surface area contributed by atoms with Crippen LogP contribution >= 0.6 is 0 Å². The van der Waals surface area contributed by atoms with Gasteiger partial charge in [-0.15, -0.1) is 0 Å². The Labute approximate surface area is 122 Å². The summed E-state index contributed by atoms with van der Waals surface area (Å²) in [6.45, 7) is 1.55. The zero-order chi connectivity index (χ0) is 15.3. The summed E-state index contributed by atoms with van der Waals surface area (Å²) in [5, 5.41) is 3.06. The molecule has 0 amide bonds. The van der Waals surface area contributed by atoms with Crippen LogP contribution in [0, 0.1) is 0 Å². The number of halogens is 3. The van der Waals surface area contributed by atoms with Crippen LogP contribution in [0.2, 0.25) is 0 Å². The van der Waals surface area contributed by atoms with Gasteiger partial charge in [0.15, 0.2) is 0 Å². The van der Waals surface area contributed by atoms with Crippen molar-refractivity contribution < 1.29 is 13.2 Å². The van der Waals surface area contributed by atoms with Gasteiger partial charge in [0.25, 0.3) is 0 Å². The summed E-state index contributed by atoms with van der Waals surface area (Å²) in [4.78, 5) is 3.95. The molecule has 2 rings (SSSR count). The summed E-state index contributed by atoms with van der Waals surface area (Å²) in [6.07, 6.45) is -1.75. The lowest BCUT2D eigenvalue weighted by molar-refractivity contribution is -0.139. The minimum absolute atomic E-state index is 0.286. The fourth-order valence-electron chi connectivity index (χ4n) is 2.28. The number of pyridine rings is 1. The largest absolute Gasteiger partial charge is 0.390 e. The molecule has 0 saturated carbocycles. The summed E-state index contributed by atoms with van der Waals surface area (Å²) >= 11 is 0. The van der Waals surface area contributed by atoms with Crippen molar-refractivity contribution in [1.82, 2.24) is 10.3 Å². The predicted octanol–water partition coefficient (Wildman–Crippen LogP) is 4.10. The van der Waals surface area contributed by atoms with Crippen molar-refractivity contribution in [3.05, 3.63) is 66.0 Å². The molecule has 2 unspecified atom stereocenters. The van der Waals surface area contributed by atoms with Crippen molar-refractivity contribution >= 4 is 0 Å². The fraction of sp³-hybridized carbons (Fsp3) is 0.312. The van der Waals surface area contributed by atoms with Gasteiger partial charge in [0.1, 0.15) is 0 Å². The standard InChI is InChI=1S/C16H17F3N2/c1-12(11-16(17,18)19)21-15(13-5-3-2-4-6-13)14-7-9-20-10-8-14/h2-10,12,15,21H,11H2,1H3. The van der Waals surface area contributed by atoms with E-state index >= 15 is 0 Å². The maximum Gasteiger partial charge on any atom is 0.390 e. The topological polar surface area (TPSA) is 24.9 Å². The highest BCUT2D eigenvalue weighted by atomic mass is 19.4. The monoisotopic (exact) mass is 294 g/mol. The lowest BCUT2D eigenvalue weighted by Crippen LogP contribution is -2.34. The summed E-state index contributed by atoms with van der Waals surface area (Å²) < 4.78 is 37.5. The van der Waals surface area contributed by atoms with Gasteiger partial charge in [-0.3, -0.25) is 4.98 Å². The second kappa shape index (κ2) is 6.72. The summed E-state index contributed by atoms with van der Waals surface area (Å²) in [5.74, 6) is 0. The third-order valence-electron chi connectivity index (χ3n) is 3.16. The third kappa shape index (κ3) is 4.86. The number of hydrogen-bond acceptors (Lipinski definition) is 2. The van der Waals surface area contributed by atoms with E-state index in [-0.39, 0.29) is 6.04 Å². The van der Waals surface area contributed by atoms with Gasteiger partial charge < -0.3 is 5.32 Å². The molecule has 0 radical (unpaired) electrons. The molecule has 2 atom stereocenters. The maximum atomic E-state index is 12.5. The first-order chi connectivity index (χ1) is 9.96. The van der Waals surface area contributed by atoms with E-state index in [0.717, 1.165) is 11.1 Å². The van der Waals surface area contributed by atoms with Crippen molar-refractivity contribution in [1.29, 1.82) is 0 Å². The van der Waals surface area contributed by atoms with Crippen LogP contribution < -0.4 is 5.32 Å². The molecule has 0 saturated heterocycles. The Hall–Kier alpha value is -1.88. The quantitative estimate of drug-likeness (QED) is 0.898. The molecule has 112 valence electrons. The molecule has 0 aliphatic rings. The highest BCUT2D eigenvalue weighted by molar-refractivity contribution is 5.30. The molecule has 2 aromatic rings. The van der Waals surface area contributed by atoms with E-state index in [1.807, 2.05) is 42.5 Å². The molecular formula is C16H17F3N2. The zero-order valence-electron chi connectivity index (χ0n) is 11.6. The van der Waals surface area contributed by atoms with Crippen molar-refractivity contribution in [2.24, 2.45) is 0 Å². The molecule has 2 nitrogen and oxygen atoms in total. The van der Waals surface area contributed by atoms with E-state index in [9.17, 15) is 13.2 Å². The lowest BCUT2D eigenvalue weighted by Gasteiger charge is -2.25. The Morgan fingerprint density at radius 2 is 1.57 bits per heavy atom. The number of rotatable bonds is 5. The van der Waals surface area contributed by atoms with Gasteiger partial charge in [-0.25, -0.2) is 0 Å². The number of aromatic nitrogens is 1. The Morgan fingerprint density at radius 1 is 1.00 bits per heavy atom. The van der Waals surface area contributed by atoms with Crippen LogP contribution in [-0.2, 0) is 0 Å². The van der Waals surface area contributed by atoms with Gasteiger partial charge in [0.2, 0.25) is 0 Å². The zero-order valence-corrected chi connectivity index (χ0v) is 11.6. The Morgan fingerprint density at radius 3 is 2.14 bits per heavy atom.